The van der Waals surface area contributed by atoms with Crippen LogP contribution in [-0.4, -0.2) is 59.0 Å². The minimum atomic E-state index is -1.32. The summed E-state index contributed by atoms with van der Waals surface area (Å²) < 4.78 is 26.5. The van der Waals surface area contributed by atoms with Gasteiger partial charge in [0.15, 0.2) is 11.6 Å². The third-order valence-corrected chi connectivity index (χ3v) is 4.37. The highest BCUT2D eigenvalue weighted by Crippen LogP contribution is 2.21. The van der Waals surface area contributed by atoms with Crippen molar-refractivity contribution in [1.82, 2.24) is 15.1 Å². The molecule has 0 radical (unpaired) electrons. The summed E-state index contributed by atoms with van der Waals surface area (Å²) in [5.41, 5.74) is 0.250. The molecule has 1 fully saturated rings. The van der Waals surface area contributed by atoms with Crippen LogP contribution in [-0.2, 0) is 9.59 Å². The standard InChI is InChI=1S/C17H21F2N3O4/c1-11(23)21-6-8-22(9-7-21)16(24)5-4-15(20-17(25)26)12-2-3-13(18)14(19)10-12/h2-3,10,15,20H,4-9H2,1H3,(H,25,26). The predicted octanol–water partition coefficient (Wildman–Crippen LogP) is 1.74. The van der Waals surface area contributed by atoms with Crippen molar-refractivity contribution in [2.75, 3.05) is 26.2 Å². The van der Waals surface area contributed by atoms with Gasteiger partial charge in [-0.05, 0) is 24.1 Å². The van der Waals surface area contributed by atoms with Gasteiger partial charge in [0.1, 0.15) is 0 Å². The zero-order valence-corrected chi connectivity index (χ0v) is 14.4. The van der Waals surface area contributed by atoms with Crippen LogP contribution in [0.1, 0.15) is 31.4 Å². The Hall–Kier alpha value is -2.71. The second-order valence-corrected chi connectivity index (χ2v) is 6.10. The molecule has 26 heavy (non-hydrogen) atoms. The normalized spacial score (nSPS) is 15.5. The Balaban J connectivity index is 1.96. The molecule has 1 aromatic carbocycles. The lowest BCUT2D eigenvalue weighted by Crippen LogP contribution is -2.50. The lowest BCUT2D eigenvalue weighted by atomic mass is 10.0. The molecule has 0 spiro atoms. The first-order valence-electron chi connectivity index (χ1n) is 8.25. The molecule has 1 aliphatic heterocycles. The molecule has 2 N–H and O–H groups in total. The molecule has 1 saturated heterocycles. The van der Waals surface area contributed by atoms with Crippen LogP contribution in [0.2, 0.25) is 0 Å². The molecule has 1 aliphatic rings. The predicted molar refractivity (Wildman–Crippen MR) is 88.3 cm³/mol. The number of hydrogen-bond acceptors (Lipinski definition) is 3. The van der Waals surface area contributed by atoms with Crippen LogP contribution in [0.4, 0.5) is 13.6 Å². The summed E-state index contributed by atoms with van der Waals surface area (Å²) in [6.07, 6.45) is -1.16. The van der Waals surface area contributed by atoms with E-state index in [1.54, 1.807) is 9.80 Å². The van der Waals surface area contributed by atoms with Gasteiger partial charge in [0.25, 0.3) is 0 Å². The Morgan fingerprint density at radius 2 is 1.73 bits per heavy atom. The highest BCUT2D eigenvalue weighted by atomic mass is 19.2. The molecular weight excluding hydrogens is 348 g/mol. The van der Waals surface area contributed by atoms with Gasteiger partial charge in [0, 0.05) is 39.5 Å². The minimum Gasteiger partial charge on any atom is -0.465 e. The molecule has 7 nitrogen and oxygen atoms in total. The highest BCUT2D eigenvalue weighted by molar-refractivity contribution is 5.77. The van der Waals surface area contributed by atoms with Crippen LogP contribution in [0.25, 0.3) is 0 Å². The van der Waals surface area contributed by atoms with E-state index in [1.807, 2.05) is 0 Å². The number of benzene rings is 1. The topological polar surface area (TPSA) is 90.0 Å². The fourth-order valence-electron chi connectivity index (χ4n) is 2.90. The first-order valence-corrected chi connectivity index (χ1v) is 8.25. The Bertz CT molecular complexity index is 691. The van der Waals surface area contributed by atoms with Crippen molar-refractivity contribution in [2.24, 2.45) is 0 Å². The lowest BCUT2D eigenvalue weighted by molar-refractivity contribution is -0.138. The Morgan fingerprint density at radius 3 is 2.27 bits per heavy atom. The number of piperazine rings is 1. The molecule has 142 valence electrons. The van der Waals surface area contributed by atoms with Gasteiger partial charge < -0.3 is 20.2 Å². The maximum Gasteiger partial charge on any atom is 0.405 e. The minimum absolute atomic E-state index is 0.0406. The summed E-state index contributed by atoms with van der Waals surface area (Å²) in [7, 11) is 0. The summed E-state index contributed by atoms with van der Waals surface area (Å²) in [5.74, 6) is -2.32. The average Bonchev–Trinajstić information content (AvgIpc) is 2.60. The molecule has 3 amide bonds. The van der Waals surface area contributed by atoms with E-state index in [2.05, 4.69) is 5.32 Å². The molecule has 0 aromatic heterocycles. The molecule has 1 atom stereocenters. The van der Waals surface area contributed by atoms with E-state index in [0.29, 0.717) is 26.2 Å². The molecule has 2 rings (SSSR count). The highest BCUT2D eigenvalue weighted by Gasteiger charge is 2.24. The molecule has 9 heteroatoms. The first-order chi connectivity index (χ1) is 12.3. The van der Waals surface area contributed by atoms with E-state index in [0.717, 1.165) is 12.1 Å². The lowest BCUT2D eigenvalue weighted by Gasteiger charge is -2.34. The number of nitrogens with one attached hydrogen (secondary N) is 1. The number of hydrogen-bond donors (Lipinski definition) is 2. The molecular formula is C17H21F2N3O4. The van der Waals surface area contributed by atoms with E-state index in [1.165, 1.54) is 13.0 Å². The quantitative estimate of drug-likeness (QED) is 0.827. The molecule has 0 saturated carbocycles. The number of carbonyl (C=O) groups is 3. The molecule has 1 aromatic rings. The summed E-state index contributed by atoms with van der Waals surface area (Å²) in [4.78, 5) is 37.9. The second-order valence-electron chi connectivity index (χ2n) is 6.10. The monoisotopic (exact) mass is 369 g/mol. The third-order valence-electron chi connectivity index (χ3n) is 4.37. The SMILES string of the molecule is CC(=O)N1CCN(C(=O)CCC(NC(=O)O)c2ccc(F)c(F)c2)CC1. The Morgan fingerprint density at radius 1 is 1.12 bits per heavy atom. The van der Waals surface area contributed by atoms with Crippen molar-refractivity contribution in [3.8, 4) is 0 Å². The Labute approximate surface area is 149 Å². The van der Waals surface area contributed by atoms with Crippen LogP contribution in [0, 0.1) is 11.6 Å². The van der Waals surface area contributed by atoms with E-state index >= 15 is 0 Å². The van der Waals surface area contributed by atoms with Crippen molar-refractivity contribution >= 4 is 17.9 Å². The number of halogens is 2. The van der Waals surface area contributed by atoms with Crippen LogP contribution in [0.3, 0.4) is 0 Å². The van der Waals surface area contributed by atoms with Gasteiger partial charge in [0.05, 0.1) is 6.04 Å². The first kappa shape index (κ1) is 19.6. The summed E-state index contributed by atoms with van der Waals surface area (Å²) in [5, 5.41) is 11.2. The van der Waals surface area contributed by atoms with Gasteiger partial charge in [-0.25, -0.2) is 13.6 Å². The maximum atomic E-state index is 13.4. The molecule has 1 heterocycles. The summed E-state index contributed by atoms with van der Waals surface area (Å²) in [6.45, 7) is 3.23. The summed E-state index contributed by atoms with van der Waals surface area (Å²) >= 11 is 0. The second kappa shape index (κ2) is 8.59. The van der Waals surface area contributed by atoms with Crippen molar-refractivity contribution in [3.05, 3.63) is 35.4 Å². The van der Waals surface area contributed by atoms with Crippen molar-refractivity contribution in [1.29, 1.82) is 0 Å². The van der Waals surface area contributed by atoms with Crippen molar-refractivity contribution in [3.63, 3.8) is 0 Å². The maximum absolute atomic E-state index is 13.4. The third kappa shape index (κ3) is 5.14. The van der Waals surface area contributed by atoms with Gasteiger partial charge >= 0.3 is 6.09 Å². The fourth-order valence-corrected chi connectivity index (χ4v) is 2.90. The number of amides is 3. The van der Waals surface area contributed by atoms with E-state index < -0.39 is 23.8 Å². The van der Waals surface area contributed by atoms with Crippen LogP contribution < -0.4 is 5.32 Å². The largest absolute Gasteiger partial charge is 0.465 e. The van der Waals surface area contributed by atoms with Gasteiger partial charge in [-0.3, -0.25) is 9.59 Å². The van der Waals surface area contributed by atoms with Gasteiger partial charge in [-0.1, -0.05) is 6.07 Å². The average molecular weight is 369 g/mol. The molecule has 0 aliphatic carbocycles. The number of carbonyl (C=O) groups excluding carboxylic acids is 2. The van der Waals surface area contributed by atoms with Crippen LogP contribution >= 0.6 is 0 Å². The van der Waals surface area contributed by atoms with Crippen LogP contribution in [0.15, 0.2) is 18.2 Å². The number of carboxylic acid groups (broad SMARTS) is 1. The van der Waals surface area contributed by atoms with E-state index in [9.17, 15) is 23.2 Å². The zero-order chi connectivity index (χ0) is 19.3. The molecule has 0 bridgehead atoms. The van der Waals surface area contributed by atoms with Crippen molar-refractivity contribution in [2.45, 2.75) is 25.8 Å². The smallest absolute Gasteiger partial charge is 0.405 e. The zero-order valence-electron chi connectivity index (χ0n) is 14.4. The van der Waals surface area contributed by atoms with Crippen LogP contribution in [0.5, 0.6) is 0 Å². The fraction of sp³-hybridized carbons (Fsp3) is 0.471. The number of nitrogens with zero attached hydrogens (tertiary/aromatic N) is 2. The Kier molecular flexibility index (Phi) is 6.48. The van der Waals surface area contributed by atoms with Gasteiger partial charge in [-0.2, -0.15) is 0 Å². The summed E-state index contributed by atoms with van der Waals surface area (Å²) in [6, 6.07) is 2.30. The van der Waals surface area contributed by atoms with E-state index in [-0.39, 0.29) is 30.2 Å². The number of rotatable bonds is 5. The van der Waals surface area contributed by atoms with E-state index in [4.69, 9.17) is 5.11 Å². The van der Waals surface area contributed by atoms with Gasteiger partial charge in [0.2, 0.25) is 11.8 Å². The van der Waals surface area contributed by atoms with Gasteiger partial charge in [-0.15, -0.1) is 0 Å². The molecule has 1 unspecified atom stereocenters. The van der Waals surface area contributed by atoms with Crippen molar-refractivity contribution < 1.29 is 28.3 Å².